The molecule has 2 aromatic rings. The second-order valence-electron chi connectivity index (χ2n) is 5.56. The van der Waals surface area contributed by atoms with Crippen molar-refractivity contribution in [1.82, 2.24) is 0 Å². The molecule has 0 aliphatic carbocycles. The van der Waals surface area contributed by atoms with E-state index >= 15 is 0 Å². The average molecular weight is 388 g/mol. The van der Waals surface area contributed by atoms with Crippen molar-refractivity contribution in [2.24, 2.45) is 0 Å². The fourth-order valence-corrected chi connectivity index (χ4v) is 4.18. The van der Waals surface area contributed by atoms with Crippen LogP contribution < -0.4 is 14.4 Å². The molecule has 0 aromatic heterocycles. The van der Waals surface area contributed by atoms with E-state index < -0.39 is 25.5 Å². The van der Waals surface area contributed by atoms with Crippen LogP contribution in [0.4, 0.5) is 15.8 Å². The first kappa shape index (κ1) is 18.7. The number of allylic oxidation sites excluding steroid dienone is 1. The highest BCUT2D eigenvalue weighted by atomic mass is 32.2. The Labute approximate surface area is 157 Å². The molecule has 6 nitrogen and oxygen atoms in total. The molecule has 0 fully saturated rings. The van der Waals surface area contributed by atoms with Gasteiger partial charge >= 0.3 is 0 Å². The van der Waals surface area contributed by atoms with Gasteiger partial charge in [-0.1, -0.05) is 6.07 Å². The lowest BCUT2D eigenvalue weighted by Gasteiger charge is -2.29. The first-order valence-corrected chi connectivity index (χ1v) is 9.76. The van der Waals surface area contributed by atoms with Gasteiger partial charge in [0.15, 0.2) is 4.91 Å². The number of halogens is 1. The van der Waals surface area contributed by atoms with E-state index in [0.29, 0.717) is 30.4 Å². The van der Waals surface area contributed by atoms with Crippen molar-refractivity contribution in [2.45, 2.75) is 18.7 Å². The lowest BCUT2D eigenvalue weighted by Crippen LogP contribution is -2.23. The van der Waals surface area contributed by atoms with Gasteiger partial charge in [0.05, 0.1) is 24.6 Å². The van der Waals surface area contributed by atoms with Gasteiger partial charge in [-0.15, -0.1) is 0 Å². The number of benzene rings is 2. The molecule has 140 valence electrons. The molecule has 1 heterocycles. The third kappa shape index (κ3) is 3.22. The Balaban J connectivity index is 2.30. The van der Waals surface area contributed by atoms with E-state index in [9.17, 15) is 18.1 Å². The first-order chi connectivity index (χ1) is 12.9. The van der Waals surface area contributed by atoms with Crippen molar-refractivity contribution < 1.29 is 22.3 Å². The smallest absolute Gasteiger partial charge is 0.223 e. The van der Waals surface area contributed by atoms with Gasteiger partial charge in [-0.2, -0.15) is 5.26 Å². The van der Waals surface area contributed by atoms with E-state index in [-0.39, 0.29) is 5.69 Å². The third-order valence-corrected chi connectivity index (χ3v) is 5.64. The zero-order chi connectivity index (χ0) is 19.6. The molecule has 1 aliphatic heterocycles. The van der Waals surface area contributed by atoms with E-state index in [4.69, 9.17) is 9.47 Å². The topological polar surface area (TPSA) is 79.6 Å². The van der Waals surface area contributed by atoms with E-state index in [2.05, 4.69) is 0 Å². The minimum Gasteiger partial charge on any atom is -0.494 e. The summed E-state index contributed by atoms with van der Waals surface area (Å²) in [4.78, 5) is 0.351. The number of rotatable bonds is 5. The molecule has 3 rings (SSSR count). The summed E-state index contributed by atoms with van der Waals surface area (Å²) in [5.41, 5.74) is 0.543. The monoisotopic (exact) mass is 388 g/mol. The quantitative estimate of drug-likeness (QED) is 0.773. The molecule has 8 heteroatoms. The number of hydrogen-bond acceptors (Lipinski definition) is 6. The van der Waals surface area contributed by atoms with Crippen LogP contribution in [0, 0.1) is 17.1 Å². The summed E-state index contributed by atoms with van der Waals surface area (Å²) >= 11 is 0. The maximum atomic E-state index is 14.4. The van der Waals surface area contributed by atoms with Crippen LogP contribution in [0.1, 0.15) is 13.8 Å². The third-order valence-electron chi connectivity index (χ3n) is 3.92. The van der Waals surface area contributed by atoms with Gasteiger partial charge in [-0.3, -0.25) is 0 Å². The highest BCUT2D eigenvalue weighted by Gasteiger charge is 2.35. The Morgan fingerprint density at radius 2 is 1.85 bits per heavy atom. The molecule has 0 atom stereocenters. The number of ether oxygens (including phenoxy) is 2. The Morgan fingerprint density at radius 1 is 1.11 bits per heavy atom. The van der Waals surface area contributed by atoms with E-state index in [1.54, 1.807) is 24.3 Å². The Hall–Kier alpha value is -3.05. The van der Waals surface area contributed by atoms with Crippen LogP contribution in [0.15, 0.2) is 52.4 Å². The van der Waals surface area contributed by atoms with Crippen molar-refractivity contribution in [1.29, 1.82) is 5.26 Å². The van der Waals surface area contributed by atoms with Crippen molar-refractivity contribution in [3.63, 3.8) is 0 Å². The van der Waals surface area contributed by atoms with Crippen molar-refractivity contribution >= 4 is 21.2 Å². The molecule has 0 N–H and O–H groups in total. The first-order valence-electron chi connectivity index (χ1n) is 8.28. The summed E-state index contributed by atoms with van der Waals surface area (Å²) in [6, 6.07) is 10.7. The van der Waals surface area contributed by atoms with Crippen LogP contribution in [0.5, 0.6) is 11.5 Å². The van der Waals surface area contributed by atoms with Gasteiger partial charge in [-0.25, -0.2) is 12.8 Å². The summed E-state index contributed by atoms with van der Waals surface area (Å²) in [5, 5.41) is 9.32. The largest absolute Gasteiger partial charge is 0.494 e. The van der Waals surface area contributed by atoms with E-state index in [0.717, 1.165) is 6.07 Å². The van der Waals surface area contributed by atoms with Crippen molar-refractivity contribution in [2.75, 3.05) is 18.1 Å². The van der Waals surface area contributed by atoms with Crippen molar-refractivity contribution in [3.8, 4) is 17.6 Å². The summed E-state index contributed by atoms with van der Waals surface area (Å²) < 4.78 is 50.8. The number of nitriles is 1. The number of nitrogens with zero attached hydrogens (tertiary/aromatic N) is 2. The Morgan fingerprint density at radius 3 is 2.52 bits per heavy atom. The lowest BCUT2D eigenvalue weighted by molar-refractivity contribution is 0.331. The minimum absolute atomic E-state index is 0.101. The number of fused-ring (bicyclic) bond motifs is 1. The second kappa shape index (κ2) is 7.29. The number of hydrogen-bond donors (Lipinski definition) is 0. The van der Waals surface area contributed by atoms with Gasteiger partial charge in [-0.05, 0) is 38.1 Å². The Kier molecular flexibility index (Phi) is 5.06. The minimum atomic E-state index is -4.24. The van der Waals surface area contributed by atoms with Gasteiger partial charge in [0.25, 0.3) is 0 Å². The molecule has 0 unspecified atom stereocenters. The van der Waals surface area contributed by atoms with Gasteiger partial charge in [0, 0.05) is 12.3 Å². The molecular weight excluding hydrogens is 371 g/mol. The molecule has 27 heavy (non-hydrogen) atoms. The molecule has 0 spiro atoms. The van der Waals surface area contributed by atoms with Gasteiger partial charge < -0.3 is 14.4 Å². The molecule has 0 bridgehead atoms. The molecule has 1 aliphatic rings. The van der Waals surface area contributed by atoms with Crippen LogP contribution in [0.3, 0.4) is 0 Å². The fourth-order valence-electron chi connectivity index (χ4n) is 2.83. The maximum Gasteiger partial charge on any atom is 0.223 e. The lowest BCUT2D eigenvalue weighted by atomic mass is 10.2. The zero-order valence-electron chi connectivity index (χ0n) is 14.8. The predicted octanol–water partition coefficient (Wildman–Crippen LogP) is 3.91. The molecule has 0 amide bonds. The van der Waals surface area contributed by atoms with Crippen LogP contribution in [-0.4, -0.2) is 21.6 Å². The molecule has 0 saturated heterocycles. The van der Waals surface area contributed by atoms with Gasteiger partial charge in [0.1, 0.15) is 28.3 Å². The van der Waals surface area contributed by atoms with E-state index in [1.807, 2.05) is 13.8 Å². The SMILES string of the molecule is CCOc1ccc(OCC)c(N2C=C(C#N)S(=O)(=O)c3c(F)cccc32)c1. The maximum absolute atomic E-state index is 14.4. The second-order valence-corrected chi connectivity index (χ2v) is 7.42. The van der Waals surface area contributed by atoms with Crippen LogP contribution in [0.2, 0.25) is 0 Å². The highest BCUT2D eigenvalue weighted by molar-refractivity contribution is 7.95. The highest BCUT2D eigenvalue weighted by Crippen LogP contribution is 2.44. The molecule has 0 radical (unpaired) electrons. The Bertz CT molecular complexity index is 1060. The van der Waals surface area contributed by atoms with Crippen LogP contribution in [-0.2, 0) is 9.84 Å². The number of anilines is 2. The summed E-state index contributed by atoms with van der Waals surface area (Å²) in [6.45, 7) is 4.46. The molecular formula is C19H17FN2O4S. The van der Waals surface area contributed by atoms with Gasteiger partial charge in [0.2, 0.25) is 9.84 Å². The molecule has 2 aromatic carbocycles. The number of sulfone groups is 1. The summed E-state index contributed by atoms with van der Waals surface area (Å²) in [7, 11) is -4.24. The van der Waals surface area contributed by atoms with Crippen molar-refractivity contribution in [3.05, 3.63) is 53.3 Å². The normalized spacial score (nSPS) is 14.7. The standard InChI is InChI=1S/C19H17FN2O4S/c1-3-25-13-8-9-18(26-4-2)17(10-13)22-12-14(11-21)27(23,24)19-15(20)6-5-7-16(19)22/h5-10,12H,3-4H2,1-2H3. The van der Waals surface area contributed by atoms with E-state index in [1.165, 1.54) is 23.2 Å². The predicted molar refractivity (Wildman–Crippen MR) is 98.2 cm³/mol. The van der Waals surface area contributed by atoms with Crippen LogP contribution in [0.25, 0.3) is 0 Å². The van der Waals surface area contributed by atoms with Crippen LogP contribution >= 0.6 is 0 Å². The summed E-state index contributed by atoms with van der Waals surface area (Å²) in [5.74, 6) is 0.0653. The fraction of sp³-hybridized carbons (Fsp3) is 0.211. The average Bonchev–Trinajstić information content (AvgIpc) is 2.63. The molecule has 0 saturated carbocycles. The zero-order valence-corrected chi connectivity index (χ0v) is 15.6. The summed E-state index contributed by atoms with van der Waals surface area (Å²) in [6.07, 6.45) is 1.17.